The summed E-state index contributed by atoms with van der Waals surface area (Å²) in [7, 11) is 0. The molecule has 0 radical (unpaired) electrons. The predicted molar refractivity (Wildman–Crippen MR) is 44.2 cm³/mol. The molecule has 0 aliphatic rings. The zero-order valence-electron chi connectivity index (χ0n) is 6.50. The van der Waals surface area contributed by atoms with Crippen molar-refractivity contribution in [3.05, 3.63) is 12.2 Å². The van der Waals surface area contributed by atoms with Gasteiger partial charge in [0.25, 0.3) is 0 Å². The number of anilines is 1. The van der Waals surface area contributed by atoms with Crippen molar-refractivity contribution < 1.29 is 0 Å². The summed E-state index contributed by atoms with van der Waals surface area (Å²) in [6, 6.07) is 0. The Bertz CT molecular complexity index is 405. The fourth-order valence-electron chi connectivity index (χ4n) is 1.05. The molecule has 0 amide bonds. The molecule has 0 aromatic carbocycles. The van der Waals surface area contributed by atoms with E-state index in [9.17, 15) is 0 Å². The molecule has 0 aliphatic carbocycles. The second kappa shape index (κ2) is 2.42. The zero-order chi connectivity index (χ0) is 8.55. The van der Waals surface area contributed by atoms with E-state index < -0.39 is 0 Å². The molecule has 0 saturated heterocycles. The van der Waals surface area contributed by atoms with Crippen LogP contribution in [0.1, 0.15) is 5.82 Å². The van der Waals surface area contributed by atoms with E-state index in [0.29, 0.717) is 11.5 Å². The lowest BCUT2D eigenvalue weighted by Crippen LogP contribution is -2.09. The minimum absolute atomic E-state index is 0.556. The lowest BCUT2D eigenvalue weighted by molar-refractivity contribution is 1.15. The number of aromatic nitrogens is 4. The minimum atomic E-state index is 0.556. The van der Waals surface area contributed by atoms with Gasteiger partial charge in [-0.3, -0.25) is 0 Å². The van der Waals surface area contributed by atoms with Crippen LogP contribution in [0.15, 0.2) is 6.33 Å². The number of nitrogen functional groups attached to an aromatic ring is 1. The molecule has 2 aromatic rings. The van der Waals surface area contributed by atoms with Gasteiger partial charge in [0.2, 0.25) is 0 Å². The third kappa shape index (κ3) is 0.892. The number of nitrogens with one attached hydrogen (secondary N) is 2. The van der Waals surface area contributed by atoms with Gasteiger partial charge in [0.05, 0.1) is 0 Å². The summed E-state index contributed by atoms with van der Waals surface area (Å²) in [5.74, 6) is 6.59. The molecule has 0 atom stereocenters. The van der Waals surface area contributed by atoms with E-state index in [4.69, 9.17) is 5.84 Å². The summed E-state index contributed by atoms with van der Waals surface area (Å²) in [6.45, 7) is 1.85. The average Bonchev–Trinajstić information content (AvgIpc) is 2.44. The molecule has 2 aromatic heterocycles. The quantitative estimate of drug-likeness (QED) is 0.406. The van der Waals surface area contributed by atoms with Gasteiger partial charge in [-0.2, -0.15) is 0 Å². The molecule has 0 spiro atoms. The smallest absolute Gasteiger partial charge is 0.183 e. The number of rotatable bonds is 1. The van der Waals surface area contributed by atoms with E-state index >= 15 is 0 Å². The fraction of sp³-hybridized carbons (Fsp3) is 0.167. The van der Waals surface area contributed by atoms with Crippen LogP contribution in [0.5, 0.6) is 0 Å². The summed E-state index contributed by atoms with van der Waals surface area (Å²) in [5, 5.41) is 0. The Labute approximate surface area is 68.2 Å². The molecule has 0 unspecified atom stereocenters. The molecular formula is C6H8N6. The van der Waals surface area contributed by atoms with Crippen LogP contribution in [0.4, 0.5) is 5.82 Å². The molecule has 62 valence electrons. The maximum absolute atomic E-state index is 5.24. The first-order chi connectivity index (χ1) is 5.81. The van der Waals surface area contributed by atoms with Crippen LogP contribution in [0.2, 0.25) is 0 Å². The third-order valence-corrected chi connectivity index (χ3v) is 1.54. The Morgan fingerprint density at radius 2 is 2.33 bits per heavy atom. The summed E-state index contributed by atoms with van der Waals surface area (Å²) >= 11 is 0. The maximum atomic E-state index is 5.24. The van der Waals surface area contributed by atoms with Gasteiger partial charge >= 0.3 is 0 Å². The highest BCUT2D eigenvalue weighted by Gasteiger charge is 2.04. The largest absolute Gasteiger partial charge is 0.338 e. The van der Waals surface area contributed by atoms with Crippen LogP contribution in [0.25, 0.3) is 11.2 Å². The van der Waals surface area contributed by atoms with Crippen molar-refractivity contribution in [1.29, 1.82) is 0 Å². The molecule has 0 aliphatic heterocycles. The number of nitrogens with zero attached hydrogens (tertiary/aromatic N) is 3. The first kappa shape index (κ1) is 6.99. The van der Waals surface area contributed by atoms with Crippen LogP contribution < -0.4 is 11.3 Å². The first-order valence-electron chi connectivity index (χ1n) is 3.45. The molecule has 6 heteroatoms. The Morgan fingerprint density at radius 1 is 1.50 bits per heavy atom. The van der Waals surface area contributed by atoms with E-state index in [1.807, 2.05) is 6.92 Å². The molecule has 6 nitrogen and oxygen atoms in total. The summed E-state index contributed by atoms with van der Waals surface area (Å²) in [4.78, 5) is 15.0. The van der Waals surface area contributed by atoms with Crippen LogP contribution >= 0.6 is 0 Å². The zero-order valence-corrected chi connectivity index (χ0v) is 6.50. The fourth-order valence-corrected chi connectivity index (χ4v) is 1.05. The summed E-state index contributed by atoms with van der Waals surface area (Å²) in [5.41, 5.74) is 3.82. The summed E-state index contributed by atoms with van der Waals surface area (Å²) in [6.07, 6.45) is 1.41. The number of imidazole rings is 1. The SMILES string of the molecule is Cc1nc2ncnc(NN)c2[nH]1. The van der Waals surface area contributed by atoms with Crippen LogP contribution in [0, 0.1) is 6.92 Å². The lowest BCUT2D eigenvalue weighted by atomic mass is 10.5. The number of H-pyrrole nitrogens is 1. The Hall–Kier alpha value is -1.69. The van der Waals surface area contributed by atoms with E-state index in [1.165, 1.54) is 6.33 Å². The second-order valence-corrected chi connectivity index (χ2v) is 2.39. The number of hydrazine groups is 1. The van der Waals surface area contributed by atoms with Crippen LogP contribution in [-0.4, -0.2) is 19.9 Å². The third-order valence-electron chi connectivity index (χ3n) is 1.54. The number of hydrogen-bond donors (Lipinski definition) is 3. The number of hydrogen-bond acceptors (Lipinski definition) is 5. The average molecular weight is 164 g/mol. The van der Waals surface area contributed by atoms with Crippen molar-refractivity contribution in [2.75, 3.05) is 5.43 Å². The van der Waals surface area contributed by atoms with Crippen LogP contribution in [0.3, 0.4) is 0 Å². The van der Waals surface area contributed by atoms with Gasteiger partial charge in [0, 0.05) is 0 Å². The van der Waals surface area contributed by atoms with Gasteiger partial charge in [-0.1, -0.05) is 0 Å². The summed E-state index contributed by atoms with van der Waals surface area (Å²) < 4.78 is 0. The molecule has 4 N–H and O–H groups in total. The maximum Gasteiger partial charge on any atom is 0.183 e. The van der Waals surface area contributed by atoms with Gasteiger partial charge in [-0.05, 0) is 6.92 Å². The van der Waals surface area contributed by atoms with Gasteiger partial charge in [-0.25, -0.2) is 20.8 Å². The van der Waals surface area contributed by atoms with Crippen LogP contribution in [-0.2, 0) is 0 Å². The van der Waals surface area contributed by atoms with Gasteiger partial charge < -0.3 is 10.4 Å². The highest BCUT2D eigenvalue weighted by Crippen LogP contribution is 2.14. The number of aromatic amines is 1. The van der Waals surface area contributed by atoms with E-state index in [0.717, 1.165) is 11.3 Å². The van der Waals surface area contributed by atoms with Crippen molar-refractivity contribution in [1.82, 2.24) is 19.9 Å². The highest BCUT2D eigenvalue weighted by molar-refractivity contribution is 5.82. The molecule has 0 fully saturated rings. The number of nitrogens with two attached hydrogens (primary N) is 1. The molecule has 0 bridgehead atoms. The van der Waals surface area contributed by atoms with E-state index in [2.05, 4.69) is 25.4 Å². The number of aryl methyl sites for hydroxylation is 1. The first-order valence-corrected chi connectivity index (χ1v) is 3.45. The lowest BCUT2D eigenvalue weighted by Gasteiger charge is -1.96. The molecule has 2 rings (SSSR count). The van der Waals surface area contributed by atoms with Crippen molar-refractivity contribution in [2.45, 2.75) is 6.92 Å². The molecular weight excluding hydrogens is 156 g/mol. The van der Waals surface area contributed by atoms with Gasteiger partial charge in [0.1, 0.15) is 17.7 Å². The molecule has 2 heterocycles. The molecule has 0 saturated carbocycles. The van der Waals surface area contributed by atoms with Crippen molar-refractivity contribution in [3.8, 4) is 0 Å². The topological polar surface area (TPSA) is 92.5 Å². The number of fused-ring (bicyclic) bond motifs is 1. The predicted octanol–water partition coefficient (Wildman–Crippen LogP) is -0.0531. The monoisotopic (exact) mass is 164 g/mol. The Kier molecular flexibility index (Phi) is 1.41. The van der Waals surface area contributed by atoms with Gasteiger partial charge in [0.15, 0.2) is 11.5 Å². The standard InChI is InChI=1S/C6H8N6/c1-3-10-4-5(11-3)8-2-9-6(4)12-7/h2H,7H2,1H3,(H2,8,9,10,11,12). The highest BCUT2D eigenvalue weighted by atomic mass is 15.3. The van der Waals surface area contributed by atoms with E-state index in [-0.39, 0.29) is 0 Å². The minimum Gasteiger partial charge on any atom is -0.338 e. The van der Waals surface area contributed by atoms with Crippen molar-refractivity contribution in [2.24, 2.45) is 5.84 Å². The molecule has 12 heavy (non-hydrogen) atoms. The van der Waals surface area contributed by atoms with Crippen molar-refractivity contribution >= 4 is 17.0 Å². The Balaban J connectivity index is 2.78. The Morgan fingerprint density at radius 3 is 3.08 bits per heavy atom. The van der Waals surface area contributed by atoms with Gasteiger partial charge in [-0.15, -0.1) is 0 Å². The van der Waals surface area contributed by atoms with Crippen molar-refractivity contribution in [3.63, 3.8) is 0 Å². The van der Waals surface area contributed by atoms with E-state index in [1.54, 1.807) is 0 Å². The normalized spacial score (nSPS) is 10.5. The second-order valence-electron chi connectivity index (χ2n) is 2.39.